The third kappa shape index (κ3) is 1.80. The summed E-state index contributed by atoms with van der Waals surface area (Å²) >= 11 is 5.85. The molecule has 0 heterocycles. The van der Waals surface area contributed by atoms with E-state index in [1.165, 1.54) is 5.56 Å². The topological polar surface area (TPSA) is 12.0 Å². The van der Waals surface area contributed by atoms with E-state index in [9.17, 15) is 0 Å². The summed E-state index contributed by atoms with van der Waals surface area (Å²) in [5.41, 5.74) is 3.15. The Morgan fingerprint density at radius 1 is 1.50 bits per heavy atom. The third-order valence-corrected chi connectivity index (χ3v) is 2.06. The van der Waals surface area contributed by atoms with Crippen LogP contribution in [0.15, 0.2) is 24.8 Å². The second-order valence-corrected chi connectivity index (χ2v) is 3.12. The molecule has 0 radical (unpaired) electrons. The van der Waals surface area contributed by atoms with Gasteiger partial charge in [-0.15, -0.1) is 0 Å². The first kappa shape index (κ1) is 9.14. The maximum absolute atomic E-state index is 5.85. The third-order valence-electron chi connectivity index (χ3n) is 1.83. The van der Waals surface area contributed by atoms with E-state index in [4.69, 9.17) is 11.6 Å². The van der Waals surface area contributed by atoms with Gasteiger partial charge in [0.2, 0.25) is 0 Å². The Bertz CT molecular complexity index is 305. The van der Waals surface area contributed by atoms with Gasteiger partial charge in [0.15, 0.2) is 0 Å². The second-order valence-electron chi connectivity index (χ2n) is 2.69. The molecule has 2 heteroatoms. The highest BCUT2D eigenvalue weighted by molar-refractivity contribution is 6.30. The van der Waals surface area contributed by atoms with Crippen LogP contribution in [-0.2, 0) is 0 Å². The van der Waals surface area contributed by atoms with E-state index in [-0.39, 0.29) is 0 Å². The number of nitrogens with one attached hydrogen (secondary N) is 1. The molecule has 0 atom stereocenters. The number of hydrogen-bond acceptors (Lipinski definition) is 1. The molecule has 1 N–H and O–H groups in total. The van der Waals surface area contributed by atoms with E-state index in [1.54, 1.807) is 0 Å². The largest absolute Gasteiger partial charge is 0.388 e. The minimum atomic E-state index is 0.743. The van der Waals surface area contributed by atoms with E-state index < -0.39 is 0 Å². The van der Waals surface area contributed by atoms with Crippen molar-refractivity contribution in [3.8, 4) is 0 Å². The zero-order valence-electron chi connectivity index (χ0n) is 7.32. The molecule has 0 aromatic heterocycles. The molecule has 0 saturated heterocycles. The first-order valence-corrected chi connectivity index (χ1v) is 4.16. The first-order chi connectivity index (χ1) is 5.65. The highest BCUT2D eigenvalue weighted by Gasteiger charge is 2.00. The van der Waals surface area contributed by atoms with E-state index in [1.807, 2.05) is 32.2 Å². The van der Waals surface area contributed by atoms with Crippen LogP contribution in [0.2, 0.25) is 5.02 Å². The monoisotopic (exact) mass is 181 g/mol. The predicted octanol–water partition coefficient (Wildman–Crippen LogP) is 2.84. The van der Waals surface area contributed by atoms with Crippen LogP contribution >= 0.6 is 11.6 Å². The smallest absolute Gasteiger partial charge is 0.0412 e. The lowest BCUT2D eigenvalue weighted by Crippen LogP contribution is -2.04. The quantitative estimate of drug-likeness (QED) is 0.740. The molecule has 1 aromatic rings. The molecule has 0 aliphatic heterocycles. The van der Waals surface area contributed by atoms with Crippen molar-refractivity contribution in [2.24, 2.45) is 0 Å². The van der Waals surface area contributed by atoms with Gasteiger partial charge in [-0.2, -0.15) is 0 Å². The minimum absolute atomic E-state index is 0.743. The number of hydrogen-bond donors (Lipinski definition) is 1. The highest BCUT2D eigenvalue weighted by atomic mass is 35.5. The van der Waals surface area contributed by atoms with Gasteiger partial charge < -0.3 is 5.32 Å². The number of halogens is 1. The van der Waals surface area contributed by atoms with Gasteiger partial charge in [0.1, 0.15) is 0 Å². The second kappa shape index (κ2) is 3.63. The summed E-state index contributed by atoms with van der Waals surface area (Å²) in [4.78, 5) is 0. The fourth-order valence-corrected chi connectivity index (χ4v) is 1.23. The molecule has 1 aromatic carbocycles. The summed E-state index contributed by atoms with van der Waals surface area (Å²) in [6, 6.07) is 5.78. The summed E-state index contributed by atoms with van der Waals surface area (Å²) in [5, 5.41) is 3.74. The van der Waals surface area contributed by atoms with Crippen LogP contribution in [0.4, 0.5) is 0 Å². The molecule has 0 aliphatic carbocycles. The maximum Gasteiger partial charge on any atom is 0.0412 e. The molecule has 0 amide bonds. The van der Waals surface area contributed by atoms with Crippen molar-refractivity contribution in [2.75, 3.05) is 7.05 Å². The van der Waals surface area contributed by atoms with Crippen LogP contribution in [0.3, 0.4) is 0 Å². The van der Waals surface area contributed by atoms with Crippen molar-refractivity contribution in [1.29, 1.82) is 0 Å². The SMILES string of the molecule is C=C(NC)c1cc(Cl)ccc1C. The molecule has 0 bridgehead atoms. The molecule has 1 rings (SSSR count). The van der Waals surface area contributed by atoms with Gasteiger partial charge in [-0.1, -0.05) is 24.2 Å². The van der Waals surface area contributed by atoms with E-state index in [0.29, 0.717) is 0 Å². The van der Waals surface area contributed by atoms with Gasteiger partial charge in [-0.05, 0) is 24.6 Å². The Labute approximate surface area is 78.1 Å². The lowest BCUT2D eigenvalue weighted by molar-refractivity contribution is 1.12. The van der Waals surface area contributed by atoms with Crippen LogP contribution in [0.5, 0.6) is 0 Å². The maximum atomic E-state index is 5.85. The van der Waals surface area contributed by atoms with Gasteiger partial charge in [0, 0.05) is 23.3 Å². The zero-order chi connectivity index (χ0) is 9.14. The van der Waals surface area contributed by atoms with Gasteiger partial charge in [-0.25, -0.2) is 0 Å². The Morgan fingerprint density at radius 3 is 2.75 bits per heavy atom. The highest BCUT2D eigenvalue weighted by Crippen LogP contribution is 2.19. The fraction of sp³-hybridized carbons (Fsp3) is 0.200. The molecule has 64 valence electrons. The standard InChI is InChI=1S/C10H12ClN/c1-7-4-5-9(11)6-10(7)8(2)12-3/h4-6,12H,2H2,1,3H3. The van der Waals surface area contributed by atoms with Gasteiger partial charge in [0.25, 0.3) is 0 Å². The van der Waals surface area contributed by atoms with Crippen molar-refractivity contribution < 1.29 is 0 Å². The van der Waals surface area contributed by atoms with Gasteiger partial charge >= 0.3 is 0 Å². The molecule has 0 aliphatic rings. The van der Waals surface area contributed by atoms with Crippen molar-refractivity contribution in [3.63, 3.8) is 0 Å². The average Bonchev–Trinajstić information content (AvgIpc) is 2.08. The molecular weight excluding hydrogens is 170 g/mol. The van der Waals surface area contributed by atoms with E-state index in [2.05, 4.69) is 11.9 Å². The van der Waals surface area contributed by atoms with Crippen molar-refractivity contribution in [3.05, 3.63) is 40.9 Å². The molecular formula is C10H12ClN. The summed E-state index contributed by atoms with van der Waals surface area (Å²) in [6.07, 6.45) is 0. The Morgan fingerprint density at radius 2 is 2.17 bits per heavy atom. The van der Waals surface area contributed by atoms with Crippen LogP contribution < -0.4 is 5.32 Å². The molecule has 0 saturated carbocycles. The Balaban J connectivity index is 3.13. The molecule has 0 fully saturated rings. The summed E-state index contributed by atoms with van der Waals surface area (Å²) in [6.45, 7) is 5.91. The van der Waals surface area contributed by atoms with Crippen LogP contribution in [0.1, 0.15) is 11.1 Å². The average molecular weight is 182 g/mol. The summed E-state index contributed by atoms with van der Waals surface area (Å²) in [7, 11) is 1.85. The minimum Gasteiger partial charge on any atom is -0.388 e. The predicted molar refractivity (Wildman–Crippen MR) is 54.3 cm³/mol. The Kier molecular flexibility index (Phi) is 2.77. The Hall–Kier alpha value is -0.950. The fourth-order valence-electron chi connectivity index (χ4n) is 1.05. The van der Waals surface area contributed by atoms with Crippen molar-refractivity contribution in [2.45, 2.75) is 6.92 Å². The molecule has 0 unspecified atom stereocenters. The van der Waals surface area contributed by atoms with E-state index in [0.717, 1.165) is 16.3 Å². The van der Waals surface area contributed by atoms with Crippen LogP contribution in [0.25, 0.3) is 5.70 Å². The molecule has 0 spiro atoms. The van der Waals surface area contributed by atoms with Crippen molar-refractivity contribution >= 4 is 17.3 Å². The number of aryl methyl sites for hydroxylation is 1. The van der Waals surface area contributed by atoms with Crippen molar-refractivity contribution in [1.82, 2.24) is 5.32 Å². The summed E-state index contributed by atoms with van der Waals surface area (Å²) < 4.78 is 0. The van der Waals surface area contributed by atoms with Gasteiger partial charge in [-0.3, -0.25) is 0 Å². The normalized spacial score (nSPS) is 9.58. The molecule has 12 heavy (non-hydrogen) atoms. The van der Waals surface area contributed by atoms with Crippen LogP contribution in [0, 0.1) is 6.92 Å². The van der Waals surface area contributed by atoms with Gasteiger partial charge in [0.05, 0.1) is 0 Å². The molecule has 1 nitrogen and oxygen atoms in total. The lowest BCUT2D eigenvalue weighted by Gasteiger charge is -2.08. The number of rotatable bonds is 2. The summed E-state index contributed by atoms with van der Waals surface area (Å²) in [5.74, 6) is 0. The lowest BCUT2D eigenvalue weighted by atomic mass is 10.1. The van der Waals surface area contributed by atoms with Crippen LogP contribution in [-0.4, -0.2) is 7.05 Å². The van der Waals surface area contributed by atoms with E-state index >= 15 is 0 Å². The number of benzene rings is 1. The first-order valence-electron chi connectivity index (χ1n) is 3.78. The zero-order valence-corrected chi connectivity index (χ0v) is 8.07.